The fourth-order valence-electron chi connectivity index (χ4n) is 3.03. The van der Waals surface area contributed by atoms with Crippen LogP contribution in [0.4, 0.5) is 0 Å². The molecule has 1 aliphatic rings. The first-order valence-corrected chi connectivity index (χ1v) is 8.91. The maximum atomic E-state index is 12.8. The molecular weight excluding hydrogens is 338 g/mol. The molecule has 0 saturated heterocycles. The number of ether oxygens (including phenoxy) is 2. The highest BCUT2D eigenvalue weighted by molar-refractivity contribution is 7.20. The number of hydrogen-bond donors (Lipinski definition) is 0. The molecule has 6 nitrogen and oxygen atoms in total. The van der Waals surface area contributed by atoms with Crippen LogP contribution in [0.5, 0.6) is 11.5 Å². The molecule has 1 amide bonds. The molecule has 0 atom stereocenters. The van der Waals surface area contributed by atoms with Crippen molar-refractivity contribution >= 4 is 27.5 Å². The van der Waals surface area contributed by atoms with Crippen LogP contribution in [0.15, 0.2) is 24.3 Å². The number of aromatic nitrogens is 2. The van der Waals surface area contributed by atoms with E-state index < -0.39 is 0 Å². The Hall–Kier alpha value is -2.54. The van der Waals surface area contributed by atoms with Gasteiger partial charge in [-0.2, -0.15) is 5.10 Å². The van der Waals surface area contributed by atoms with Crippen molar-refractivity contribution in [2.24, 2.45) is 7.05 Å². The number of rotatable bonds is 3. The van der Waals surface area contributed by atoms with Gasteiger partial charge in [0.25, 0.3) is 5.91 Å². The maximum Gasteiger partial charge on any atom is 0.264 e. The number of aryl methyl sites for hydroxylation is 2. The van der Waals surface area contributed by atoms with Crippen LogP contribution in [0.1, 0.15) is 20.9 Å². The van der Waals surface area contributed by atoms with Crippen molar-refractivity contribution in [3.05, 3.63) is 40.4 Å². The zero-order valence-electron chi connectivity index (χ0n) is 14.4. The summed E-state index contributed by atoms with van der Waals surface area (Å²) >= 11 is 1.48. The SMILES string of the molecule is Cc1nn(C)c2sc(C(=O)N(C)Cc3ccc4c(c3)OCCO4)cc12. The Morgan fingerprint density at radius 2 is 2.04 bits per heavy atom. The predicted octanol–water partition coefficient (Wildman–Crippen LogP) is 2.99. The molecule has 4 rings (SSSR count). The van der Waals surface area contributed by atoms with Crippen molar-refractivity contribution in [3.63, 3.8) is 0 Å². The van der Waals surface area contributed by atoms with Crippen molar-refractivity contribution < 1.29 is 14.3 Å². The zero-order chi connectivity index (χ0) is 17.6. The largest absolute Gasteiger partial charge is 0.486 e. The monoisotopic (exact) mass is 357 g/mol. The molecule has 130 valence electrons. The smallest absolute Gasteiger partial charge is 0.264 e. The van der Waals surface area contributed by atoms with Crippen LogP contribution >= 0.6 is 11.3 Å². The number of hydrogen-bond acceptors (Lipinski definition) is 5. The molecule has 3 aromatic rings. The summed E-state index contributed by atoms with van der Waals surface area (Å²) in [6, 6.07) is 7.75. The molecule has 0 aliphatic carbocycles. The lowest BCUT2D eigenvalue weighted by Crippen LogP contribution is -2.25. The van der Waals surface area contributed by atoms with E-state index in [0.29, 0.717) is 19.8 Å². The van der Waals surface area contributed by atoms with Gasteiger partial charge < -0.3 is 14.4 Å². The second kappa shape index (κ2) is 6.07. The third-order valence-corrected chi connectivity index (χ3v) is 5.47. The van der Waals surface area contributed by atoms with Gasteiger partial charge in [-0.05, 0) is 30.7 Å². The third-order valence-electron chi connectivity index (χ3n) is 4.28. The Labute approximate surface area is 149 Å². The summed E-state index contributed by atoms with van der Waals surface area (Å²) in [6.07, 6.45) is 0. The van der Waals surface area contributed by atoms with Gasteiger partial charge in [-0.25, -0.2) is 0 Å². The zero-order valence-corrected chi connectivity index (χ0v) is 15.2. The molecule has 0 saturated carbocycles. The molecule has 3 heterocycles. The summed E-state index contributed by atoms with van der Waals surface area (Å²) in [4.78, 5) is 16.2. The van der Waals surface area contributed by atoms with Crippen molar-refractivity contribution in [1.82, 2.24) is 14.7 Å². The average Bonchev–Trinajstić information content (AvgIpc) is 3.16. The number of carbonyl (C=O) groups excluding carboxylic acids is 1. The van der Waals surface area contributed by atoms with Gasteiger partial charge in [0.05, 0.1) is 10.6 Å². The Morgan fingerprint density at radius 1 is 1.28 bits per heavy atom. The second-order valence-electron chi connectivity index (χ2n) is 6.18. The minimum absolute atomic E-state index is 0.00971. The van der Waals surface area contributed by atoms with Crippen LogP contribution in [0, 0.1) is 6.92 Å². The van der Waals surface area contributed by atoms with Crippen LogP contribution in [-0.2, 0) is 13.6 Å². The lowest BCUT2D eigenvalue weighted by molar-refractivity contribution is 0.0789. The molecule has 0 unspecified atom stereocenters. The van der Waals surface area contributed by atoms with Crippen LogP contribution in [0.3, 0.4) is 0 Å². The predicted molar refractivity (Wildman–Crippen MR) is 96.6 cm³/mol. The molecule has 25 heavy (non-hydrogen) atoms. The third kappa shape index (κ3) is 2.84. The van der Waals surface area contributed by atoms with Gasteiger partial charge in [0, 0.05) is 26.0 Å². The molecule has 0 radical (unpaired) electrons. The Balaban J connectivity index is 1.54. The summed E-state index contributed by atoms with van der Waals surface area (Å²) in [7, 11) is 3.72. The highest BCUT2D eigenvalue weighted by Gasteiger charge is 2.19. The molecule has 0 fully saturated rings. The molecule has 0 bridgehead atoms. The van der Waals surface area contributed by atoms with Gasteiger partial charge in [-0.15, -0.1) is 11.3 Å². The quantitative estimate of drug-likeness (QED) is 0.723. The van der Waals surface area contributed by atoms with Crippen LogP contribution < -0.4 is 9.47 Å². The summed E-state index contributed by atoms with van der Waals surface area (Å²) in [5.74, 6) is 1.51. The van der Waals surface area contributed by atoms with E-state index in [0.717, 1.165) is 37.9 Å². The first-order valence-electron chi connectivity index (χ1n) is 8.10. The first-order chi connectivity index (χ1) is 12.0. The number of carbonyl (C=O) groups is 1. The van der Waals surface area contributed by atoms with Crippen LogP contribution in [-0.4, -0.2) is 40.8 Å². The number of thiophene rings is 1. The summed E-state index contributed by atoms with van der Waals surface area (Å²) < 4.78 is 13.0. The highest BCUT2D eigenvalue weighted by Crippen LogP contribution is 2.32. The summed E-state index contributed by atoms with van der Waals surface area (Å²) in [6.45, 7) is 3.61. The minimum atomic E-state index is 0.00971. The number of nitrogens with zero attached hydrogens (tertiary/aromatic N) is 3. The fourth-order valence-corrected chi connectivity index (χ4v) is 4.15. The van der Waals surface area contributed by atoms with Gasteiger partial charge in [-0.3, -0.25) is 9.48 Å². The van der Waals surface area contributed by atoms with E-state index in [1.165, 1.54) is 11.3 Å². The molecule has 0 spiro atoms. The lowest BCUT2D eigenvalue weighted by atomic mass is 10.2. The van der Waals surface area contributed by atoms with Crippen molar-refractivity contribution in [3.8, 4) is 11.5 Å². The van der Waals surface area contributed by atoms with Crippen LogP contribution in [0.2, 0.25) is 0 Å². The molecular formula is C18H19N3O3S. The first kappa shape index (κ1) is 16.0. The Morgan fingerprint density at radius 3 is 2.80 bits per heavy atom. The molecule has 0 N–H and O–H groups in total. The van der Waals surface area contributed by atoms with E-state index in [9.17, 15) is 4.79 Å². The highest BCUT2D eigenvalue weighted by atomic mass is 32.1. The summed E-state index contributed by atoms with van der Waals surface area (Å²) in [5, 5.41) is 5.43. The normalized spacial score (nSPS) is 13.2. The van der Waals surface area contributed by atoms with Gasteiger partial charge >= 0.3 is 0 Å². The van der Waals surface area contributed by atoms with Crippen molar-refractivity contribution in [1.29, 1.82) is 0 Å². The number of benzene rings is 1. The van der Waals surface area contributed by atoms with Gasteiger partial charge in [0.1, 0.15) is 18.0 Å². The fraction of sp³-hybridized carbons (Fsp3) is 0.333. The van der Waals surface area contributed by atoms with E-state index in [2.05, 4.69) is 5.10 Å². The van der Waals surface area contributed by atoms with Gasteiger partial charge in [-0.1, -0.05) is 6.07 Å². The maximum absolute atomic E-state index is 12.8. The topological polar surface area (TPSA) is 56.6 Å². The summed E-state index contributed by atoms with van der Waals surface area (Å²) in [5.41, 5.74) is 1.96. The average molecular weight is 357 g/mol. The minimum Gasteiger partial charge on any atom is -0.486 e. The standard InChI is InChI=1S/C18H19N3O3S/c1-11-13-9-16(25-18(13)21(3)19-11)17(22)20(2)10-12-4-5-14-15(8-12)24-7-6-23-14/h4-5,8-9H,6-7,10H2,1-3H3. The van der Waals surface area contributed by atoms with Crippen molar-refractivity contribution in [2.75, 3.05) is 20.3 Å². The Kier molecular flexibility index (Phi) is 3.88. The Bertz CT molecular complexity index is 926. The lowest BCUT2D eigenvalue weighted by Gasteiger charge is -2.21. The molecule has 7 heteroatoms. The van der Waals surface area contributed by atoms with Crippen LogP contribution in [0.25, 0.3) is 10.2 Å². The molecule has 1 aromatic carbocycles. The van der Waals surface area contributed by atoms with E-state index in [1.54, 1.807) is 4.90 Å². The van der Waals surface area contributed by atoms with Gasteiger partial charge in [0.15, 0.2) is 11.5 Å². The van der Waals surface area contributed by atoms with E-state index in [4.69, 9.17) is 9.47 Å². The molecule has 2 aromatic heterocycles. The van der Waals surface area contributed by atoms with E-state index >= 15 is 0 Å². The van der Waals surface area contributed by atoms with E-state index in [-0.39, 0.29) is 5.91 Å². The van der Waals surface area contributed by atoms with Gasteiger partial charge in [0.2, 0.25) is 0 Å². The number of fused-ring (bicyclic) bond motifs is 2. The molecule has 1 aliphatic heterocycles. The second-order valence-corrected chi connectivity index (χ2v) is 7.21. The van der Waals surface area contributed by atoms with E-state index in [1.807, 2.05) is 50.0 Å². The number of amides is 1. The van der Waals surface area contributed by atoms with Crippen molar-refractivity contribution in [2.45, 2.75) is 13.5 Å².